The zero-order valence-corrected chi connectivity index (χ0v) is 15.9. The van der Waals surface area contributed by atoms with Gasteiger partial charge in [-0.2, -0.15) is 0 Å². The molecule has 140 valence electrons. The van der Waals surface area contributed by atoms with Gasteiger partial charge in [0.25, 0.3) is 0 Å². The summed E-state index contributed by atoms with van der Waals surface area (Å²) in [4.78, 5) is 8.80. The molecule has 0 amide bonds. The second kappa shape index (κ2) is 9.09. The summed E-state index contributed by atoms with van der Waals surface area (Å²) in [5.41, 5.74) is 7.96. The van der Waals surface area contributed by atoms with Gasteiger partial charge >= 0.3 is 0 Å². The van der Waals surface area contributed by atoms with Crippen LogP contribution in [-0.4, -0.2) is 29.2 Å². The minimum absolute atomic E-state index is 0.331. The normalized spacial score (nSPS) is 11.4. The summed E-state index contributed by atoms with van der Waals surface area (Å²) in [6.07, 6.45) is 4.49. The number of halogens is 1. The molecule has 0 radical (unpaired) electrons. The SMILES string of the molecule is COc1ccc(NC(N)=NCCc2nccn2Cc2ccccc2)cc1Cl. The molecule has 0 aliphatic heterocycles. The van der Waals surface area contributed by atoms with Crippen LogP contribution in [0.1, 0.15) is 11.4 Å². The van der Waals surface area contributed by atoms with Gasteiger partial charge in [-0.3, -0.25) is 4.99 Å². The van der Waals surface area contributed by atoms with Crippen LogP contribution in [0.25, 0.3) is 0 Å². The predicted molar refractivity (Wildman–Crippen MR) is 110 cm³/mol. The molecule has 3 N–H and O–H groups in total. The van der Waals surface area contributed by atoms with Crippen LogP contribution in [-0.2, 0) is 13.0 Å². The van der Waals surface area contributed by atoms with Crippen molar-refractivity contribution in [2.45, 2.75) is 13.0 Å². The molecule has 0 bridgehead atoms. The van der Waals surface area contributed by atoms with Gasteiger partial charge in [0.2, 0.25) is 0 Å². The lowest BCUT2D eigenvalue weighted by atomic mass is 10.2. The topological polar surface area (TPSA) is 77.5 Å². The fraction of sp³-hybridized carbons (Fsp3) is 0.200. The van der Waals surface area contributed by atoms with Crippen molar-refractivity contribution >= 4 is 23.2 Å². The lowest BCUT2D eigenvalue weighted by molar-refractivity contribution is 0.415. The zero-order chi connectivity index (χ0) is 19.1. The maximum Gasteiger partial charge on any atom is 0.193 e. The van der Waals surface area contributed by atoms with E-state index in [2.05, 4.69) is 32.0 Å². The maximum absolute atomic E-state index is 6.11. The second-order valence-corrected chi connectivity index (χ2v) is 6.36. The summed E-state index contributed by atoms with van der Waals surface area (Å²) in [7, 11) is 1.58. The van der Waals surface area contributed by atoms with Crippen LogP contribution in [0.5, 0.6) is 5.75 Å². The van der Waals surface area contributed by atoms with Gasteiger partial charge in [0, 0.05) is 37.6 Å². The highest BCUT2D eigenvalue weighted by atomic mass is 35.5. The number of nitrogens with zero attached hydrogens (tertiary/aromatic N) is 3. The minimum atomic E-state index is 0.331. The number of rotatable bonds is 7. The first-order valence-corrected chi connectivity index (χ1v) is 8.98. The van der Waals surface area contributed by atoms with Crippen LogP contribution < -0.4 is 15.8 Å². The fourth-order valence-corrected chi connectivity index (χ4v) is 2.96. The molecule has 0 saturated carbocycles. The lowest BCUT2D eigenvalue weighted by Crippen LogP contribution is -2.23. The number of ether oxygens (including phenoxy) is 1. The van der Waals surface area contributed by atoms with Gasteiger partial charge < -0.3 is 20.4 Å². The first-order chi connectivity index (χ1) is 13.2. The number of aliphatic imine (C=N–C) groups is 1. The summed E-state index contributed by atoms with van der Waals surface area (Å²) in [6.45, 7) is 1.33. The molecular formula is C20H22ClN5O. The Bertz CT molecular complexity index is 908. The van der Waals surface area contributed by atoms with E-state index in [1.807, 2.05) is 36.7 Å². The molecule has 2 aromatic carbocycles. The molecule has 1 aromatic heterocycles. The van der Waals surface area contributed by atoms with Gasteiger partial charge in [0.05, 0.1) is 12.1 Å². The first kappa shape index (κ1) is 18.8. The van der Waals surface area contributed by atoms with E-state index in [0.29, 0.717) is 29.7 Å². The van der Waals surface area contributed by atoms with Crippen LogP contribution in [0, 0.1) is 0 Å². The summed E-state index contributed by atoms with van der Waals surface area (Å²) >= 11 is 6.11. The third-order valence-corrected chi connectivity index (χ3v) is 4.33. The van der Waals surface area contributed by atoms with E-state index in [-0.39, 0.29) is 0 Å². The van der Waals surface area contributed by atoms with Crippen molar-refractivity contribution in [3.8, 4) is 5.75 Å². The standard InChI is InChI=1S/C20H22ClN5O/c1-27-18-8-7-16(13-17(18)21)25-20(22)24-10-9-19-23-11-12-26(19)14-15-5-3-2-4-6-15/h2-8,11-13H,9-10,14H2,1H3,(H3,22,24,25). The Hall–Kier alpha value is -2.99. The number of anilines is 1. The van der Waals surface area contributed by atoms with Crippen LogP contribution in [0.15, 0.2) is 65.9 Å². The third-order valence-electron chi connectivity index (χ3n) is 4.04. The largest absolute Gasteiger partial charge is 0.495 e. The number of aromatic nitrogens is 2. The molecule has 3 aromatic rings. The molecule has 0 fully saturated rings. The highest BCUT2D eigenvalue weighted by Gasteiger charge is 2.05. The number of imidazole rings is 1. The number of benzene rings is 2. The number of hydrogen-bond donors (Lipinski definition) is 2. The van der Waals surface area contributed by atoms with Gasteiger partial charge in [-0.15, -0.1) is 0 Å². The summed E-state index contributed by atoms with van der Waals surface area (Å²) in [5, 5.41) is 3.54. The Labute approximate surface area is 163 Å². The summed E-state index contributed by atoms with van der Waals surface area (Å²) in [6, 6.07) is 15.6. The van der Waals surface area contributed by atoms with Crippen molar-refractivity contribution in [1.29, 1.82) is 0 Å². The zero-order valence-electron chi connectivity index (χ0n) is 15.1. The van der Waals surface area contributed by atoms with Gasteiger partial charge in [0.15, 0.2) is 5.96 Å². The smallest absolute Gasteiger partial charge is 0.193 e. The Kier molecular flexibility index (Phi) is 6.33. The quantitative estimate of drug-likeness (QED) is 0.483. The third kappa shape index (κ3) is 5.24. The molecular weight excluding hydrogens is 362 g/mol. The summed E-state index contributed by atoms with van der Waals surface area (Å²) < 4.78 is 7.26. The monoisotopic (exact) mass is 383 g/mol. The molecule has 6 nitrogen and oxygen atoms in total. The van der Waals surface area contributed by atoms with Crippen molar-refractivity contribution < 1.29 is 4.74 Å². The molecule has 0 aliphatic carbocycles. The van der Waals surface area contributed by atoms with Gasteiger partial charge in [-0.1, -0.05) is 41.9 Å². The van der Waals surface area contributed by atoms with E-state index in [1.54, 1.807) is 19.2 Å². The van der Waals surface area contributed by atoms with Crippen molar-refractivity contribution in [1.82, 2.24) is 9.55 Å². The van der Waals surface area contributed by atoms with Crippen LogP contribution >= 0.6 is 11.6 Å². The van der Waals surface area contributed by atoms with Crippen LogP contribution in [0.2, 0.25) is 5.02 Å². The molecule has 3 rings (SSSR count). The van der Waals surface area contributed by atoms with Crippen LogP contribution in [0.4, 0.5) is 5.69 Å². The molecule has 0 atom stereocenters. The number of nitrogens with two attached hydrogens (primary N) is 1. The number of guanidine groups is 1. The van der Waals surface area contributed by atoms with Crippen molar-refractivity contribution in [3.63, 3.8) is 0 Å². The fourth-order valence-electron chi connectivity index (χ4n) is 2.70. The van der Waals surface area contributed by atoms with E-state index in [1.165, 1.54) is 5.56 Å². The van der Waals surface area contributed by atoms with E-state index in [9.17, 15) is 0 Å². The van der Waals surface area contributed by atoms with Crippen molar-refractivity contribution in [2.75, 3.05) is 19.0 Å². The minimum Gasteiger partial charge on any atom is -0.495 e. The van der Waals surface area contributed by atoms with Gasteiger partial charge in [-0.05, 0) is 23.8 Å². The number of methoxy groups -OCH3 is 1. The molecule has 27 heavy (non-hydrogen) atoms. The van der Waals surface area contributed by atoms with E-state index >= 15 is 0 Å². The molecule has 0 spiro atoms. The predicted octanol–water partition coefficient (Wildman–Crippen LogP) is 3.56. The molecule has 7 heteroatoms. The Morgan fingerprint density at radius 3 is 2.81 bits per heavy atom. The maximum atomic E-state index is 6.11. The van der Waals surface area contributed by atoms with Crippen molar-refractivity contribution in [2.24, 2.45) is 10.7 Å². The molecule has 0 unspecified atom stereocenters. The lowest BCUT2D eigenvalue weighted by Gasteiger charge is -2.09. The summed E-state index contributed by atoms with van der Waals surface area (Å²) in [5.74, 6) is 1.92. The first-order valence-electron chi connectivity index (χ1n) is 8.60. The highest BCUT2D eigenvalue weighted by molar-refractivity contribution is 6.32. The number of nitrogens with one attached hydrogen (secondary N) is 1. The van der Waals surface area contributed by atoms with Crippen LogP contribution in [0.3, 0.4) is 0 Å². The van der Waals surface area contributed by atoms with E-state index in [4.69, 9.17) is 22.1 Å². The average Bonchev–Trinajstić information content (AvgIpc) is 3.10. The van der Waals surface area contributed by atoms with E-state index in [0.717, 1.165) is 18.1 Å². The number of hydrogen-bond acceptors (Lipinski definition) is 3. The molecule has 0 saturated heterocycles. The Morgan fingerprint density at radius 1 is 1.26 bits per heavy atom. The Balaban J connectivity index is 1.56. The molecule has 1 heterocycles. The van der Waals surface area contributed by atoms with Crippen molar-refractivity contribution in [3.05, 3.63) is 77.3 Å². The average molecular weight is 384 g/mol. The highest BCUT2D eigenvalue weighted by Crippen LogP contribution is 2.27. The van der Waals surface area contributed by atoms with Gasteiger partial charge in [-0.25, -0.2) is 4.98 Å². The molecule has 0 aliphatic rings. The van der Waals surface area contributed by atoms with E-state index < -0.39 is 0 Å². The van der Waals surface area contributed by atoms with Gasteiger partial charge in [0.1, 0.15) is 11.6 Å². The second-order valence-electron chi connectivity index (χ2n) is 5.95. The Morgan fingerprint density at radius 2 is 2.07 bits per heavy atom.